The molecule has 5 heteroatoms. The summed E-state index contributed by atoms with van der Waals surface area (Å²) in [6.45, 7) is 2.91. The number of carbonyl (C=O) groups is 1. The number of aromatic nitrogens is 2. The van der Waals surface area contributed by atoms with Gasteiger partial charge in [-0.3, -0.25) is 4.79 Å². The maximum Gasteiger partial charge on any atom is 0.229 e. The molecule has 0 saturated carbocycles. The third kappa shape index (κ3) is 3.42. The van der Waals surface area contributed by atoms with Gasteiger partial charge < -0.3 is 10.2 Å². The van der Waals surface area contributed by atoms with E-state index in [0.29, 0.717) is 12.2 Å². The normalized spacial score (nSPS) is 12.7. The highest BCUT2D eigenvalue weighted by Gasteiger charge is 2.21. The fourth-order valence-electron chi connectivity index (χ4n) is 3.31. The zero-order valence-corrected chi connectivity index (χ0v) is 14.6. The first-order valence-corrected chi connectivity index (χ1v) is 8.73. The second-order valence-electron chi connectivity index (χ2n) is 6.52. The number of nitrogens with one attached hydrogen (secondary N) is 1. The number of nitrogens with zero attached hydrogens (tertiary/aromatic N) is 3. The smallest absolute Gasteiger partial charge is 0.229 e. The third-order valence-corrected chi connectivity index (χ3v) is 4.53. The van der Waals surface area contributed by atoms with Gasteiger partial charge in [0.1, 0.15) is 0 Å². The van der Waals surface area contributed by atoms with Crippen molar-refractivity contribution < 1.29 is 4.79 Å². The first-order chi connectivity index (χ1) is 12.7. The number of aryl methyl sites for hydroxylation is 1. The lowest BCUT2D eigenvalue weighted by Crippen LogP contribution is -2.18. The van der Waals surface area contributed by atoms with Crippen LogP contribution < -0.4 is 10.2 Å². The molecule has 1 aliphatic heterocycles. The molecule has 1 aliphatic rings. The van der Waals surface area contributed by atoms with E-state index in [1.807, 2.05) is 43.3 Å². The van der Waals surface area contributed by atoms with Crippen molar-refractivity contribution in [3.63, 3.8) is 0 Å². The Bertz CT molecular complexity index is 937. The van der Waals surface area contributed by atoms with Gasteiger partial charge in [0.2, 0.25) is 5.91 Å². The second kappa shape index (κ2) is 6.96. The molecule has 0 aliphatic carbocycles. The monoisotopic (exact) mass is 344 g/mol. The molecular formula is C21H20N4O. The van der Waals surface area contributed by atoms with Crippen LogP contribution in [-0.2, 0) is 17.6 Å². The zero-order valence-electron chi connectivity index (χ0n) is 14.6. The van der Waals surface area contributed by atoms with Crippen LogP contribution in [0.4, 0.5) is 17.3 Å². The Hall–Kier alpha value is -3.21. The molecule has 1 N–H and O–H groups in total. The Morgan fingerprint density at radius 3 is 2.77 bits per heavy atom. The van der Waals surface area contributed by atoms with E-state index in [4.69, 9.17) is 0 Å². The molecule has 2 heterocycles. The van der Waals surface area contributed by atoms with Crippen molar-refractivity contribution in [1.82, 2.24) is 10.2 Å². The van der Waals surface area contributed by atoms with E-state index in [1.54, 1.807) is 6.07 Å². The van der Waals surface area contributed by atoms with Crippen LogP contribution in [0.3, 0.4) is 0 Å². The van der Waals surface area contributed by atoms with Gasteiger partial charge in [0, 0.05) is 12.2 Å². The summed E-state index contributed by atoms with van der Waals surface area (Å²) in [6, 6.07) is 20.0. The van der Waals surface area contributed by atoms with Crippen LogP contribution in [0.15, 0.2) is 60.7 Å². The van der Waals surface area contributed by atoms with Gasteiger partial charge in [0.25, 0.3) is 0 Å². The SMILES string of the molecule is Cc1cccc(CC(=O)Nc2ccc(N3CCc4ccccc43)nn2)c1. The molecule has 130 valence electrons. The molecule has 0 spiro atoms. The van der Waals surface area contributed by atoms with Gasteiger partial charge in [-0.25, -0.2) is 0 Å². The van der Waals surface area contributed by atoms with Crippen molar-refractivity contribution in [3.8, 4) is 0 Å². The van der Waals surface area contributed by atoms with E-state index in [9.17, 15) is 4.79 Å². The molecule has 1 aromatic heterocycles. The number of carbonyl (C=O) groups excluding carboxylic acids is 1. The molecule has 2 aromatic carbocycles. The fraction of sp³-hybridized carbons (Fsp3) is 0.190. The quantitative estimate of drug-likeness (QED) is 0.785. The second-order valence-corrected chi connectivity index (χ2v) is 6.52. The van der Waals surface area contributed by atoms with Crippen LogP contribution in [0.1, 0.15) is 16.7 Å². The lowest BCUT2D eigenvalue weighted by molar-refractivity contribution is -0.115. The largest absolute Gasteiger partial charge is 0.324 e. The Labute approximate surface area is 152 Å². The molecule has 0 radical (unpaired) electrons. The minimum absolute atomic E-state index is 0.0934. The van der Waals surface area contributed by atoms with Crippen LogP contribution in [0.2, 0.25) is 0 Å². The van der Waals surface area contributed by atoms with E-state index in [1.165, 1.54) is 11.3 Å². The van der Waals surface area contributed by atoms with Gasteiger partial charge >= 0.3 is 0 Å². The molecule has 4 rings (SSSR count). The molecular weight excluding hydrogens is 324 g/mol. The first-order valence-electron chi connectivity index (χ1n) is 8.73. The van der Waals surface area contributed by atoms with Crippen LogP contribution >= 0.6 is 0 Å². The van der Waals surface area contributed by atoms with E-state index in [-0.39, 0.29) is 5.91 Å². The van der Waals surface area contributed by atoms with Crippen LogP contribution in [0.25, 0.3) is 0 Å². The van der Waals surface area contributed by atoms with Crippen LogP contribution in [0.5, 0.6) is 0 Å². The van der Waals surface area contributed by atoms with Gasteiger partial charge in [-0.1, -0.05) is 48.0 Å². The predicted molar refractivity (Wildman–Crippen MR) is 103 cm³/mol. The van der Waals surface area contributed by atoms with Crippen molar-refractivity contribution in [1.29, 1.82) is 0 Å². The topological polar surface area (TPSA) is 58.1 Å². The van der Waals surface area contributed by atoms with Crippen molar-refractivity contribution in [2.24, 2.45) is 0 Å². The molecule has 3 aromatic rings. The molecule has 0 atom stereocenters. The average molecular weight is 344 g/mol. The molecule has 0 bridgehead atoms. The molecule has 0 fully saturated rings. The highest BCUT2D eigenvalue weighted by Crippen LogP contribution is 2.32. The summed E-state index contributed by atoms with van der Waals surface area (Å²) in [5.41, 5.74) is 4.63. The van der Waals surface area contributed by atoms with Gasteiger partial charge in [0.05, 0.1) is 6.42 Å². The number of amides is 1. The summed E-state index contributed by atoms with van der Waals surface area (Å²) in [4.78, 5) is 14.4. The zero-order chi connectivity index (χ0) is 17.9. The highest BCUT2D eigenvalue weighted by atomic mass is 16.1. The van der Waals surface area contributed by atoms with Gasteiger partial charge in [-0.2, -0.15) is 0 Å². The highest BCUT2D eigenvalue weighted by molar-refractivity contribution is 5.91. The molecule has 26 heavy (non-hydrogen) atoms. The number of rotatable bonds is 4. The fourth-order valence-corrected chi connectivity index (χ4v) is 3.31. The molecule has 5 nitrogen and oxygen atoms in total. The molecule has 1 amide bonds. The van der Waals surface area contributed by atoms with E-state index >= 15 is 0 Å². The summed E-state index contributed by atoms with van der Waals surface area (Å²) in [5, 5.41) is 11.3. The summed E-state index contributed by atoms with van der Waals surface area (Å²) < 4.78 is 0. The molecule has 0 unspecified atom stereocenters. The minimum Gasteiger partial charge on any atom is -0.324 e. The van der Waals surface area contributed by atoms with Crippen LogP contribution in [-0.4, -0.2) is 22.6 Å². The number of anilines is 3. The predicted octanol–water partition coefficient (Wildman–Crippen LogP) is 3.66. The third-order valence-electron chi connectivity index (χ3n) is 4.53. The van der Waals surface area contributed by atoms with Crippen LogP contribution in [0, 0.1) is 6.92 Å². The lowest BCUT2D eigenvalue weighted by Gasteiger charge is -2.17. The van der Waals surface area contributed by atoms with E-state index < -0.39 is 0 Å². The summed E-state index contributed by atoms with van der Waals surface area (Å²) in [5.74, 6) is 1.18. The lowest BCUT2D eigenvalue weighted by atomic mass is 10.1. The molecule has 0 saturated heterocycles. The Morgan fingerprint density at radius 2 is 1.96 bits per heavy atom. The van der Waals surface area contributed by atoms with Gasteiger partial charge in [-0.05, 0) is 42.7 Å². The minimum atomic E-state index is -0.0934. The maximum absolute atomic E-state index is 12.2. The maximum atomic E-state index is 12.2. The standard InChI is InChI=1S/C21H20N4O/c1-15-5-4-6-16(13-15)14-21(26)22-19-9-10-20(24-23-19)25-12-11-17-7-2-3-8-18(17)25/h2-10,13H,11-12,14H2,1H3,(H,22,23,26). The van der Waals surface area contributed by atoms with Crippen molar-refractivity contribution in [3.05, 3.63) is 77.4 Å². The number of para-hydroxylation sites is 1. The number of fused-ring (bicyclic) bond motifs is 1. The Morgan fingerprint density at radius 1 is 1.08 bits per heavy atom. The number of hydrogen-bond acceptors (Lipinski definition) is 4. The van der Waals surface area contributed by atoms with Gasteiger partial charge in [-0.15, -0.1) is 10.2 Å². The van der Waals surface area contributed by atoms with Crippen molar-refractivity contribution in [2.75, 3.05) is 16.8 Å². The summed E-state index contributed by atoms with van der Waals surface area (Å²) >= 11 is 0. The van der Waals surface area contributed by atoms with Gasteiger partial charge in [0.15, 0.2) is 11.6 Å². The first kappa shape index (κ1) is 16.3. The van der Waals surface area contributed by atoms with Crippen molar-refractivity contribution >= 4 is 23.2 Å². The van der Waals surface area contributed by atoms with Crippen molar-refractivity contribution in [2.45, 2.75) is 19.8 Å². The van der Waals surface area contributed by atoms with E-state index in [2.05, 4.69) is 38.6 Å². The number of hydrogen-bond donors (Lipinski definition) is 1. The Kier molecular flexibility index (Phi) is 4.35. The summed E-state index contributed by atoms with van der Waals surface area (Å²) in [6.07, 6.45) is 1.33. The summed E-state index contributed by atoms with van der Waals surface area (Å²) in [7, 11) is 0. The average Bonchev–Trinajstić information content (AvgIpc) is 3.06. The number of benzene rings is 2. The Balaban J connectivity index is 1.43. The van der Waals surface area contributed by atoms with E-state index in [0.717, 1.165) is 29.9 Å².